The summed E-state index contributed by atoms with van der Waals surface area (Å²) in [6, 6.07) is 3.58. The highest BCUT2D eigenvalue weighted by Crippen LogP contribution is 2.21. The number of likely N-dealkylation sites (tertiary alicyclic amines) is 1. The van der Waals surface area contributed by atoms with Gasteiger partial charge in [-0.1, -0.05) is 15.9 Å². The molecule has 1 fully saturated rings. The van der Waals surface area contributed by atoms with Gasteiger partial charge >= 0.3 is 0 Å². The molecule has 92 valence electrons. The number of amides is 1. The molecule has 2 heterocycles. The quantitative estimate of drug-likeness (QED) is 0.804. The fourth-order valence-electron chi connectivity index (χ4n) is 2.32. The van der Waals surface area contributed by atoms with Gasteiger partial charge in [0, 0.05) is 36.4 Å². The Kier molecular flexibility index (Phi) is 4.54. The van der Waals surface area contributed by atoms with Crippen LogP contribution in [-0.4, -0.2) is 34.2 Å². The lowest BCUT2D eigenvalue weighted by atomic mass is 9.95. The molecule has 1 aromatic heterocycles. The van der Waals surface area contributed by atoms with Crippen molar-refractivity contribution in [3.8, 4) is 0 Å². The topological polar surface area (TPSA) is 33.2 Å². The van der Waals surface area contributed by atoms with Gasteiger partial charge in [-0.05, 0) is 37.3 Å². The number of carbonyl (C=O) groups is 1. The van der Waals surface area contributed by atoms with Gasteiger partial charge in [-0.25, -0.2) is 0 Å². The lowest BCUT2D eigenvalue weighted by molar-refractivity contribution is 0.0672. The van der Waals surface area contributed by atoms with Gasteiger partial charge in [-0.3, -0.25) is 9.78 Å². The van der Waals surface area contributed by atoms with E-state index in [4.69, 9.17) is 0 Å². The van der Waals surface area contributed by atoms with E-state index < -0.39 is 0 Å². The third-order valence-corrected chi connectivity index (χ3v) is 3.71. The minimum atomic E-state index is 0.145. The van der Waals surface area contributed by atoms with Gasteiger partial charge in [0.25, 0.3) is 5.91 Å². The number of rotatable bonds is 3. The van der Waals surface area contributed by atoms with Crippen molar-refractivity contribution in [3.63, 3.8) is 0 Å². The van der Waals surface area contributed by atoms with E-state index in [0.29, 0.717) is 5.92 Å². The third-order valence-electron chi connectivity index (χ3n) is 3.25. The number of hydrogen-bond donors (Lipinski definition) is 0. The van der Waals surface area contributed by atoms with Crippen LogP contribution in [-0.2, 0) is 0 Å². The predicted octanol–water partition coefficient (Wildman–Crippen LogP) is 2.72. The highest BCUT2D eigenvalue weighted by Gasteiger charge is 2.23. The molecule has 4 heteroatoms. The Morgan fingerprint density at radius 1 is 1.47 bits per heavy atom. The van der Waals surface area contributed by atoms with Crippen LogP contribution in [0.15, 0.2) is 24.5 Å². The number of carbonyl (C=O) groups excluding carboxylic acids is 1. The Hall–Kier alpha value is -0.900. The first-order chi connectivity index (χ1) is 8.31. The second-order valence-electron chi connectivity index (χ2n) is 4.47. The molecular weight excluding hydrogens is 280 g/mol. The zero-order chi connectivity index (χ0) is 12.1. The average molecular weight is 297 g/mol. The predicted molar refractivity (Wildman–Crippen MR) is 71.3 cm³/mol. The summed E-state index contributed by atoms with van der Waals surface area (Å²) >= 11 is 3.48. The van der Waals surface area contributed by atoms with Gasteiger partial charge in [0.15, 0.2) is 0 Å². The van der Waals surface area contributed by atoms with Gasteiger partial charge in [0.05, 0.1) is 0 Å². The Labute approximate surface area is 110 Å². The number of aromatic nitrogens is 1. The van der Waals surface area contributed by atoms with Crippen LogP contribution < -0.4 is 0 Å². The summed E-state index contributed by atoms with van der Waals surface area (Å²) in [5.74, 6) is 0.792. The van der Waals surface area contributed by atoms with Crippen LogP contribution in [0.5, 0.6) is 0 Å². The van der Waals surface area contributed by atoms with Crippen LogP contribution in [0.3, 0.4) is 0 Å². The molecule has 1 atom stereocenters. The van der Waals surface area contributed by atoms with Crippen molar-refractivity contribution in [2.45, 2.75) is 19.3 Å². The molecule has 1 amide bonds. The van der Waals surface area contributed by atoms with E-state index >= 15 is 0 Å². The normalized spacial score (nSPS) is 20.3. The summed E-state index contributed by atoms with van der Waals surface area (Å²) in [6.07, 6.45) is 6.86. The third kappa shape index (κ3) is 3.28. The maximum atomic E-state index is 12.2. The van der Waals surface area contributed by atoms with Gasteiger partial charge in [0.2, 0.25) is 0 Å². The highest BCUT2D eigenvalue weighted by molar-refractivity contribution is 9.09. The van der Waals surface area contributed by atoms with E-state index in [0.717, 1.165) is 36.8 Å². The van der Waals surface area contributed by atoms with Crippen LogP contribution in [0.4, 0.5) is 0 Å². The molecule has 1 aliphatic rings. The van der Waals surface area contributed by atoms with E-state index in [9.17, 15) is 4.79 Å². The summed E-state index contributed by atoms with van der Waals surface area (Å²) < 4.78 is 0. The monoisotopic (exact) mass is 296 g/mol. The Morgan fingerprint density at radius 3 is 2.94 bits per heavy atom. The molecule has 17 heavy (non-hydrogen) atoms. The molecule has 0 radical (unpaired) electrons. The molecule has 0 spiro atoms. The Morgan fingerprint density at radius 2 is 2.24 bits per heavy atom. The van der Waals surface area contributed by atoms with Gasteiger partial charge in [-0.15, -0.1) is 0 Å². The molecule has 0 bridgehead atoms. The fraction of sp³-hybridized carbons (Fsp3) is 0.538. The Balaban J connectivity index is 2.00. The molecule has 1 saturated heterocycles. The highest BCUT2D eigenvalue weighted by atomic mass is 79.9. The van der Waals surface area contributed by atoms with Crippen molar-refractivity contribution in [3.05, 3.63) is 30.1 Å². The summed E-state index contributed by atoms with van der Waals surface area (Å²) in [5, 5.41) is 1.02. The second kappa shape index (κ2) is 6.15. The smallest absolute Gasteiger partial charge is 0.253 e. The van der Waals surface area contributed by atoms with Crippen LogP contribution >= 0.6 is 15.9 Å². The van der Waals surface area contributed by atoms with E-state index in [-0.39, 0.29) is 5.91 Å². The number of piperidine rings is 1. The van der Waals surface area contributed by atoms with E-state index in [1.54, 1.807) is 24.5 Å². The van der Waals surface area contributed by atoms with E-state index in [1.165, 1.54) is 6.42 Å². The maximum Gasteiger partial charge on any atom is 0.253 e. The van der Waals surface area contributed by atoms with Gasteiger partial charge < -0.3 is 4.90 Å². The van der Waals surface area contributed by atoms with Crippen molar-refractivity contribution in [1.82, 2.24) is 9.88 Å². The molecule has 1 aliphatic heterocycles. The number of alkyl halides is 1. The molecule has 0 aliphatic carbocycles. The lowest BCUT2D eigenvalue weighted by Crippen LogP contribution is -2.40. The van der Waals surface area contributed by atoms with Crippen molar-refractivity contribution in [2.75, 3.05) is 18.4 Å². The Bertz CT molecular complexity index is 367. The minimum absolute atomic E-state index is 0.145. The first-order valence-corrected chi connectivity index (χ1v) is 7.18. The lowest BCUT2D eigenvalue weighted by Gasteiger charge is -2.32. The second-order valence-corrected chi connectivity index (χ2v) is 5.27. The minimum Gasteiger partial charge on any atom is -0.338 e. The van der Waals surface area contributed by atoms with Gasteiger partial charge in [0.1, 0.15) is 0 Å². The van der Waals surface area contributed by atoms with Gasteiger partial charge in [-0.2, -0.15) is 0 Å². The summed E-state index contributed by atoms with van der Waals surface area (Å²) in [4.78, 5) is 18.2. The number of nitrogens with zero attached hydrogens (tertiary/aromatic N) is 2. The zero-order valence-electron chi connectivity index (χ0n) is 9.81. The summed E-state index contributed by atoms with van der Waals surface area (Å²) in [6.45, 7) is 1.78. The first-order valence-electron chi connectivity index (χ1n) is 6.06. The van der Waals surface area contributed by atoms with E-state index in [2.05, 4.69) is 20.9 Å². The SMILES string of the molecule is O=C(c1ccncc1)N1CCCC(CCBr)C1. The summed E-state index contributed by atoms with van der Waals surface area (Å²) in [7, 11) is 0. The van der Waals surface area contributed by atoms with Crippen molar-refractivity contribution in [2.24, 2.45) is 5.92 Å². The molecule has 0 saturated carbocycles. The standard InChI is InChI=1S/C13H17BrN2O/c14-6-3-11-2-1-9-16(10-11)13(17)12-4-7-15-8-5-12/h4-5,7-8,11H,1-3,6,9-10H2. The van der Waals surface area contributed by atoms with Crippen LogP contribution in [0.25, 0.3) is 0 Å². The van der Waals surface area contributed by atoms with Crippen molar-refractivity contribution < 1.29 is 4.79 Å². The van der Waals surface area contributed by atoms with Crippen molar-refractivity contribution >= 4 is 21.8 Å². The fourth-order valence-corrected chi connectivity index (χ4v) is 2.96. The van der Waals surface area contributed by atoms with Crippen LogP contribution in [0.2, 0.25) is 0 Å². The van der Waals surface area contributed by atoms with E-state index in [1.807, 2.05) is 4.90 Å². The molecule has 1 unspecified atom stereocenters. The molecule has 2 rings (SSSR count). The number of halogens is 1. The molecular formula is C13H17BrN2O. The number of hydrogen-bond acceptors (Lipinski definition) is 2. The maximum absolute atomic E-state index is 12.2. The molecule has 1 aromatic rings. The largest absolute Gasteiger partial charge is 0.338 e. The molecule has 0 N–H and O–H groups in total. The molecule has 0 aromatic carbocycles. The van der Waals surface area contributed by atoms with Crippen LogP contribution in [0, 0.1) is 5.92 Å². The first kappa shape index (κ1) is 12.6. The number of pyridine rings is 1. The van der Waals surface area contributed by atoms with Crippen molar-refractivity contribution in [1.29, 1.82) is 0 Å². The summed E-state index contributed by atoms with van der Waals surface area (Å²) in [5.41, 5.74) is 0.750. The zero-order valence-corrected chi connectivity index (χ0v) is 11.4. The average Bonchev–Trinajstić information content (AvgIpc) is 2.40. The van der Waals surface area contributed by atoms with Crippen LogP contribution in [0.1, 0.15) is 29.6 Å². The molecule has 3 nitrogen and oxygen atoms in total.